The van der Waals surface area contributed by atoms with Crippen LogP contribution in [-0.2, 0) is 4.79 Å². The lowest BCUT2D eigenvalue weighted by molar-refractivity contribution is -0.158. The second-order valence-corrected chi connectivity index (χ2v) is 5.28. The third-order valence-electron chi connectivity index (χ3n) is 4.75. The van der Waals surface area contributed by atoms with Crippen molar-refractivity contribution in [3.05, 3.63) is 0 Å². The maximum atomic E-state index is 14.3. The number of alkyl halides is 1. The summed E-state index contributed by atoms with van der Waals surface area (Å²) in [6, 6.07) is 0. The molecule has 4 heteroatoms. The van der Waals surface area contributed by atoms with Crippen LogP contribution in [0.1, 0.15) is 32.1 Å². The Balaban J connectivity index is 0.000000457. The molecule has 0 spiro atoms. The molecule has 0 amide bonds. The predicted octanol–water partition coefficient (Wildman–Crippen LogP) is 1.81. The smallest absolute Gasteiger partial charge is 0.303 e. The highest BCUT2D eigenvalue weighted by Gasteiger charge is 2.68. The van der Waals surface area contributed by atoms with Crippen LogP contribution in [0.2, 0.25) is 0 Å². The van der Waals surface area contributed by atoms with Crippen molar-refractivity contribution in [1.29, 1.82) is 0 Å². The summed E-state index contributed by atoms with van der Waals surface area (Å²) in [4.78, 5) is 10.6. The van der Waals surface area contributed by atoms with Crippen molar-refractivity contribution in [3.8, 4) is 0 Å². The van der Waals surface area contributed by atoms with E-state index in [1.807, 2.05) is 0 Å². The molecule has 0 aliphatic heterocycles. The summed E-state index contributed by atoms with van der Waals surface area (Å²) in [6.07, 6.45) is 3.91. The van der Waals surface area contributed by atoms with Gasteiger partial charge in [-0.05, 0) is 56.4 Å². The Hall–Kier alpha value is -0.640. The molecule has 0 aromatic heterocycles. The molecule has 0 aromatic rings. The maximum Gasteiger partial charge on any atom is 0.303 e. The van der Waals surface area contributed by atoms with Crippen LogP contribution in [0, 0.1) is 23.7 Å². The Morgan fingerprint density at radius 2 is 2.12 bits per heavy atom. The average molecular weight is 229 g/mol. The lowest BCUT2D eigenvalue weighted by atomic mass is 9.53. The molecule has 3 rings (SSSR count). The number of nitrogens with two attached hydrogens (primary N) is 1. The van der Waals surface area contributed by atoms with Gasteiger partial charge in [0.25, 0.3) is 0 Å². The van der Waals surface area contributed by atoms with Crippen molar-refractivity contribution < 1.29 is 14.3 Å². The minimum atomic E-state index is -0.955. The van der Waals surface area contributed by atoms with Crippen molar-refractivity contribution >= 4 is 5.97 Å². The highest BCUT2D eigenvalue weighted by atomic mass is 19.1. The van der Waals surface area contributed by atoms with Gasteiger partial charge in [0.2, 0.25) is 0 Å². The molecule has 3 aliphatic rings. The number of fused-ring (bicyclic) bond motifs is 1. The van der Waals surface area contributed by atoms with Gasteiger partial charge in [-0.3, -0.25) is 4.79 Å². The number of hydrogen-bond acceptors (Lipinski definition) is 2. The molecule has 0 heterocycles. The van der Waals surface area contributed by atoms with Crippen LogP contribution in [0.4, 0.5) is 4.39 Å². The molecule has 3 aliphatic carbocycles. The fourth-order valence-corrected chi connectivity index (χ4v) is 4.28. The van der Waals surface area contributed by atoms with E-state index in [-0.39, 0.29) is 24.2 Å². The molecular weight excluding hydrogens is 209 g/mol. The zero-order valence-corrected chi connectivity index (χ0v) is 9.66. The van der Waals surface area contributed by atoms with Crippen LogP contribution >= 0.6 is 0 Å². The highest BCUT2D eigenvalue weighted by molar-refractivity contribution is 5.67. The fourth-order valence-electron chi connectivity index (χ4n) is 4.28. The molecular formula is C12H20FNO2. The number of rotatable bonds is 2. The Kier molecular flexibility index (Phi) is 2.95. The monoisotopic (exact) mass is 229 g/mol. The van der Waals surface area contributed by atoms with Crippen molar-refractivity contribution in [2.45, 2.75) is 37.8 Å². The van der Waals surface area contributed by atoms with E-state index in [2.05, 4.69) is 5.73 Å². The van der Waals surface area contributed by atoms with Gasteiger partial charge in [0.05, 0.1) is 0 Å². The lowest BCUT2D eigenvalue weighted by Crippen LogP contribution is -2.57. The van der Waals surface area contributed by atoms with Crippen LogP contribution in [0.15, 0.2) is 0 Å². The Morgan fingerprint density at radius 1 is 1.44 bits per heavy atom. The van der Waals surface area contributed by atoms with Gasteiger partial charge in [-0.1, -0.05) is 0 Å². The third-order valence-corrected chi connectivity index (χ3v) is 4.75. The minimum absolute atomic E-state index is 0.0716. The Bertz CT molecular complexity index is 289. The standard InChI is InChI=1S/C11H15FO2.CH5N/c12-11-5-6-1-2-8(11)7(4-10(13)14)9(11)3-6;1-2/h6-9H,1-5H2,(H,13,14);2H2,1H3. The molecule has 3 saturated carbocycles. The van der Waals surface area contributed by atoms with Crippen LogP contribution in [0.25, 0.3) is 0 Å². The molecule has 0 radical (unpaired) electrons. The topological polar surface area (TPSA) is 63.3 Å². The van der Waals surface area contributed by atoms with Gasteiger partial charge < -0.3 is 10.8 Å². The van der Waals surface area contributed by atoms with Crippen molar-refractivity contribution in [2.24, 2.45) is 29.4 Å². The van der Waals surface area contributed by atoms with Crippen molar-refractivity contribution in [3.63, 3.8) is 0 Å². The zero-order chi connectivity index (χ0) is 11.9. The Labute approximate surface area is 95.2 Å². The van der Waals surface area contributed by atoms with Crippen LogP contribution in [0.3, 0.4) is 0 Å². The summed E-state index contributed by atoms with van der Waals surface area (Å²) < 4.78 is 14.3. The number of carbonyl (C=O) groups is 1. The van der Waals surface area contributed by atoms with Crippen LogP contribution < -0.4 is 5.73 Å². The molecule has 3 N–H and O–H groups in total. The van der Waals surface area contributed by atoms with Crippen molar-refractivity contribution in [2.75, 3.05) is 7.05 Å². The molecule has 2 bridgehead atoms. The molecule has 92 valence electrons. The second-order valence-electron chi connectivity index (χ2n) is 5.28. The second kappa shape index (κ2) is 3.99. The SMILES string of the molecule is CN.O=C(O)CC1C2CCC3CC1C2(F)C3. The van der Waals surface area contributed by atoms with Gasteiger partial charge >= 0.3 is 5.97 Å². The molecule has 3 fully saturated rings. The number of aliphatic carboxylic acids is 1. The largest absolute Gasteiger partial charge is 0.481 e. The predicted molar refractivity (Wildman–Crippen MR) is 58.6 cm³/mol. The summed E-state index contributed by atoms with van der Waals surface area (Å²) in [7, 11) is 1.50. The number of carboxylic acids is 1. The first kappa shape index (κ1) is 11.8. The minimum Gasteiger partial charge on any atom is -0.481 e. The van der Waals surface area contributed by atoms with Gasteiger partial charge in [-0.25, -0.2) is 4.39 Å². The summed E-state index contributed by atoms with van der Waals surface area (Å²) in [5.74, 6) is 0.0934. The normalized spacial score (nSPS) is 47.7. The van der Waals surface area contributed by atoms with E-state index in [0.717, 1.165) is 25.7 Å². The number of hydrogen-bond donors (Lipinski definition) is 2. The van der Waals surface area contributed by atoms with Gasteiger partial charge in [0.1, 0.15) is 5.67 Å². The molecule has 3 nitrogen and oxygen atoms in total. The number of halogens is 1. The molecule has 16 heavy (non-hydrogen) atoms. The maximum absolute atomic E-state index is 14.3. The van der Waals surface area contributed by atoms with Gasteiger partial charge in [-0.2, -0.15) is 0 Å². The average Bonchev–Trinajstić information content (AvgIpc) is 2.40. The third kappa shape index (κ3) is 1.46. The summed E-state index contributed by atoms with van der Waals surface area (Å²) in [6.45, 7) is 0. The van der Waals surface area contributed by atoms with Crippen LogP contribution in [-0.4, -0.2) is 23.8 Å². The van der Waals surface area contributed by atoms with E-state index >= 15 is 0 Å². The Morgan fingerprint density at radius 3 is 2.75 bits per heavy atom. The summed E-state index contributed by atoms with van der Waals surface area (Å²) in [5.41, 5.74) is 3.54. The first-order valence-electron chi connectivity index (χ1n) is 6.09. The van der Waals surface area contributed by atoms with Crippen molar-refractivity contribution in [1.82, 2.24) is 0 Å². The van der Waals surface area contributed by atoms with E-state index in [4.69, 9.17) is 5.11 Å². The summed E-state index contributed by atoms with van der Waals surface area (Å²) in [5, 5.41) is 8.76. The quantitative estimate of drug-likeness (QED) is 0.759. The summed E-state index contributed by atoms with van der Waals surface area (Å²) >= 11 is 0. The molecule has 0 saturated heterocycles. The van der Waals surface area contributed by atoms with E-state index in [9.17, 15) is 9.18 Å². The number of carboxylic acid groups (broad SMARTS) is 1. The van der Waals surface area contributed by atoms with E-state index in [0.29, 0.717) is 5.92 Å². The highest BCUT2D eigenvalue weighted by Crippen LogP contribution is 2.68. The molecule has 5 atom stereocenters. The van der Waals surface area contributed by atoms with E-state index in [1.54, 1.807) is 0 Å². The van der Waals surface area contributed by atoms with Gasteiger partial charge in [0, 0.05) is 6.42 Å². The molecule has 5 unspecified atom stereocenters. The van der Waals surface area contributed by atoms with Crippen LogP contribution in [0.5, 0.6) is 0 Å². The lowest BCUT2D eigenvalue weighted by Gasteiger charge is -2.54. The van der Waals surface area contributed by atoms with Gasteiger partial charge in [0.15, 0.2) is 0 Å². The van der Waals surface area contributed by atoms with E-state index in [1.165, 1.54) is 7.05 Å². The first-order chi connectivity index (χ1) is 7.61. The van der Waals surface area contributed by atoms with Gasteiger partial charge in [-0.15, -0.1) is 0 Å². The fraction of sp³-hybridized carbons (Fsp3) is 0.917. The van der Waals surface area contributed by atoms with E-state index < -0.39 is 11.6 Å². The zero-order valence-electron chi connectivity index (χ0n) is 9.66. The first-order valence-corrected chi connectivity index (χ1v) is 6.09. The molecule has 0 aromatic carbocycles.